The summed E-state index contributed by atoms with van der Waals surface area (Å²) in [6, 6.07) is 9.87. The molecule has 0 aliphatic carbocycles. The van der Waals surface area contributed by atoms with E-state index in [1.807, 2.05) is 41.1 Å². The smallest absolute Gasteiger partial charge is 0.323 e. The number of fused-ring (bicyclic) bond motifs is 1. The molecule has 0 unspecified atom stereocenters. The molecule has 7 heteroatoms. The summed E-state index contributed by atoms with van der Waals surface area (Å²) in [7, 11) is 0. The molecule has 0 aliphatic rings. The van der Waals surface area contributed by atoms with Crippen LogP contribution >= 0.6 is 0 Å². The fraction of sp³-hybridized carbons (Fsp3) is 0.0667. The third-order valence-electron chi connectivity index (χ3n) is 3.48. The van der Waals surface area contributed by atoms with Crippen LogP contribution in [0.1, 0.15) is 5.82 Å². The molecule has 0 saturated heterocycles. The first kappa shape index (κ1) is 12.5. The Balaban J connectivity index is 1.83. The van der Waals surface area contributed by atoms with Gasteiger partial charge in [0.05, 0.1) is 12.1 Å². The maximum Gasteiger partial charge on any atom is 0.340 e. The Kier molecular flexibility index (Phi) is 2.82. The summed E-state index contributed by atoms with van der Waals surface area (Å²) in [5, 5.41) is 7.33. The average molecular weight is 292 g/mol. The van der Waals surface area contributed by atoms with Crippen LogP contribution in [0.15, 0.2) is 53.7 Å². The summed E-state index contributed by atoms with van der Waals surface area (Å²) in [5.41, 5.74) is 1.60. The van der Waals surface area contributed by atoms with Crippen molar-refractivity contribution in [3.8, 4) is 11.4 Å². The number of para-hydroxylation sites is 1. The minimum Gasteiger partial charge on any atom is -0.323 e. The first-order valence-corrected chi connectivity index (χ1v) is 6.80. The quantitative estimate of drug-likeness (QED) is 0.599. The fourth-order valence-electron chi connectivity index (χ4n) is 2.51. The van der Waals surface area contributed by atoms with Crippen LogP contribution in [0.2, 0.25) is 0 Å². The number of aromatic nitrogens is 6. The second kappa shape index (κ2) is 4.96. The number of H-pyrrole nitrogens is 2. The first-order valence-electron chi connectivity index (χ1n) is 6.80. The number of hydrogen-bond acceptors (Lipinski definition) is 4. The first-order chi connectivity index (χ1) is 10.8. The molecule has 3 heterocycles. The largest absolute Gasteiger partial charge is 0.340 e. The summed E-state index contributed by atoms with van der Waals surface area (Å²) >= 11 is 0. The van der Waals surface area contributed by atoms with Crippen LogP contribution in [0.4, 0.5) is 0 Å². The van der Waals surface area contributed by atoms with Crippen molar-refractivity contribution in [2.75, 3.05) is 0 Å². The van der Waals surface area contributed by atoms with E-state index < -0.39 is 0 Å². The number of nitrogens with one attached hydrogen (secondary N) is 2. The zero-order chi connectivity index (χ0) is 14.9. The molecule has 7 nitrogen and oxygen atoms in total. The van der Waals surface area contributed by atoms with Gasteiger partial charge in [0, 0.05) is 29.5 Å². The predicted molar refractivity (Wildman–Crippen MR) is 81.3 cm³/mol. The van der Waals surface area contributed by atoms with Crippen molar-refractivity contribution in [2.24, 2.45) is 0 Å². The molecule has 0 radical (unpaired) electrons. The zero-order valence-electron chi connectivity index (χ0n) is 11.5. The monoisotopic (exact) mass is 292 g/mol. The second-order valence-corrected chi connectivity index (χ2v) is 4.88. The molecule has 0 atom stereocenters. The van der Waals surface area contributed by atoms with Gasteiger partial charge in [0.25, 0.3) is 0 Å². The molecule has 0 spiro atoms. The van der Waals surface area contributed by atoms with Crippen molar-refractivity contribution < 1.29 is 0 Å². The summed E-state index contributed by atoms with van der Waals surface area (Å²) in [5.74, 6) is 1.37. The highest BCUT2D eigenvalue weighted by Gasteiger charge is 2.11. The Morgan fingerprint density at radius 1 is 1.09 bits per heavy atom. The third kappa shape index (κ3) is 2.08. The van der Waals surface area contributed by atoms with Crippen molar-refractivity contribution >= 4 is 10.9 Å². The van der Waals surface area contributed by atoms with Crippen molar-refractivity contribution in [3.63, 3.8) is 0 Å². The Morgan fingerprint density at radius 3 is 2.86 bits per heavy atom. The minimum absolute atomic E-state index is 0.314. The van der Waals surface area contributed by atoms with Crippen LogP contribution in [0.25, 0.3) is 22.3 Å². The van der Waals surface area contributed by atoms with Crippen molar-refractivity contribution in [1.29, 1.82) is 0 Å². The topological polar surface area (TPSA) is 92.2 Å². The highest BCUT2D eigenvalue weighted by Crippen LogP contribution is 2.26. The fourth-order valence-corrected chi connectivity index (χ4v) is 2.51. The Bertz CT molecular complexity index is 991. The van der Waals surface area contributed by atoms with Crippen molar-refractivity contribution in [2.45, 2.75) is 6.54 Å². The molecular formula is C15H12N6O. The Labute approximate surface area is 124 Å². The minimum atomic E-state index is -0.314. The van der Waals surface area contributed by atoms with Gasteiger partial charge in [-0.2, -0.15) is 5.10 Å². The number of hydrogen-bond donors (Lipinski definition) is 2. The van der Waals surface area contributed by atoms with Gasteiger partial charge >= 0.3 is 5.69 Å². The molecule has 108 valence electrons. The lowest BCUT2D eigenvalue weighted by Crippen LogP contribution is -2.05. The van der Waals surface area contributed by atoms with Gasteiger partial charge < -0.3 is 4.57 Å². The molecule has 0 aliphatic heterocycles. The van der Waals surface area contributed by atoms with Gasteiger partial charge in [-0.25, -0.2) is 14.9 Å². The summed E-state index contributed by atoms with van der Waals surface area (Å²) in [6.45, 7) is 0.435. The number of rotatable bonds is 3. The highest BCUT2D eigenvalue weighted by molar-refractivity contribution is 5.92. The van der Waals surface area contributed by atoms with E-state index in [4.69, 9.17) is 0 Å². The van der Waals surface area contributed by atoms with Crippen LogP contribution in [0.3, 0.4) is 0 Å². The second-order valence-electron chi connectivity index (χ2n) is 4.88. The number of benzene rings is 1. The van der Waals surface area contributed by atoms with Gasteiger partial charge in [0.1, 0.15) is 5.82 Å². The molecule has 0 saturated carbocycles. The van der Waals surface area contributed by atoms with E-state index >= 15 is 0 Å². The average Bonchev–Trinajstić information content (AvgIpc) is 3.16. The van der Waals surface area contributed by atoms with Gasteiger partial charge in [0.2, 0.25) is 0 Å². The summed E-state index contributed by atoms with van der Waals surface area (Å²) in [4.78, 5) is 22.6. The van der Waals surface area contributed by atoms with Crippen LogP contribution < -0.4 is 5.69 Å². The molecule has 22 heavy (non-hydrogen) atoms. The van der Waals surface area contributed by atoms with Crippen molar-refractivity contribution in [3.05, 3.63) is 65.2 Å². The molecule has 0 bridgehead atoms. The van der Waals surface area contributed by atoms with Crippen LogP contribution in [-0.4, -0.2) is 29.7 Å². The van der Waals surface area contributed by atoms with E-state index in [0.717, 1.165) is 22.3 Å². The van der Waals surface area contributed by atoms with E-state index in [-0.39, 0.29) is 5.69 Å². The lowest BCUT2D eigenvalue weighted by atomic mass is 10.1. The van der Waals surface area contributed by atoms with Gasteiger partial charge in [-0.15, -0.1) is 0 Å². The molecule has 1 aromatic carbocycles. The molecular weight excluding hydrogens is 280 g/mol. The van der Waals surface area contributed by atoms with Gasteiger partial charge in [-0.3, -0.25) is 9.97 Å². The Hall–Kier alpha value is -3.22. The maximum atomic E-state index is 11.1. The van der Waals surface area contributed by atoms with Crippen LogP contribution in [0, 0.1) is 0 Å². The molecule has 0 fully saturated rings. The molecule has 4 aromatic rings. The summed E-state index contributed by atoms with van der Waals surface area (Å²) < 4.78 is 1.94. The van der Waals surface area contributed by atoms with E-state index in [1.165, 1.54) is 0 Å². The standard InChI is InChI=1S/C15H12N6O/c22-15-18-13(19-20-15)9-21-8-7-17-14(21)11-5-6-16-12-4-2-1-3-10(11)12/h1-8H,9H2,(H2,18,19,20,22). The molecule has 4 rings (SSSR count). The van der Waals surface area contributed by atoms with Crippen LogP contribution in [-0.2, 0) is 6.54 Å². The SMILES string of the molecule is O=c1[nH]nc(Cn2ccnc2-c2ccnc3ccccc23)[nH]1. The highest BCUT2D eigenvalue weighted by atomic mass is 16.1. The lowest BCUT2D eigenvalue weighted by molar-refractivity contribution is 0.755. The molecule has 0 amide bonds. The van der Waals surface area contributed by atoms with E-state index in [2.05, 4.69) is 25.1 Å². The van der Waals surface area contributed by atoms with E-state index in [1.54, 1.807) is 12.4 Å². The summed E-state index contributed by atoms with van der Waals surface area (Å²) in [6.07, 6.45) is 5.36. The lowest BCUT2D eigenvalue weighted by Gasteiger charge is -2.08. The van der Waals surface area contributed by atoms with E-state index in [9.17, 15) is 4.79 Å². The zero-order valence-corrected chi connectivity index (χ0v) is 11.5. The van der Waals surface area contributed by atoms with Gasteiger partial charge in [-0.05, 0) is 12.1 Å². The number of aromatic amines is 2. The third-order valence-corrected chi connectivity index (χ3v) is 3.48. The van der Waals surface area contributed by atoms with Crippen LogP contribution in [0.5, 0.6) is 0 Å². The maximum absolute atomic E-state index is 11.1. The number of imidazole rings is 1. The molecule has 3 aromatic heterocycles. The number of pyridine rings is 1. The normalized spacial score (nSPS) is 11.1. The van der Waals surface area contributed by atoms with Gasteiger partial charge in [0.15, 0.2) is 5.82 Å². The Morgan fingerprint density at radius 2 is 2.00 bits per heavy atom. The molecule has 2 N–H and O–H groups in total. The van der Waals surface area contributed by atoms with Gasteiger partial charge in [-0.1, -0.05) is 18.2 Å². The van der Waals surface area contributed by atoms with Crippen molar-refractivity contribution in [1.82, 2.24) is 29.7 Å². The van der Waals surface area contributed by atoms with E-state index in [0.29, 0.717) is 12.4 Å². The predicted octanol–water partition coefficient (Wildman–Crippen LogP) is 1.56. The number of nitrogens with zero attached hydrogens (tertiary/aromatic N) is 4.